The van der Waals surface area contributed by atoms with Gasteiger partial charge in [0.15, 0.2) is 0 Å². The third-order valence-corrected chi connectivity index (χ3v) is 7.90. The second kappa shape index (κ2) is 4.80. The molecule has 0 bridgehead atoms. The summed E-state index contributed by atoms with van der Waals surface area (Å²) < 4.78 is 14.2. The molecular formula is C19H29FO2. The molecule has 4 aliphatic carbocycles. The molecule has 2 nitrogen and oxygen atoms in total. The Morgan fingerprint density at radius 1 is 1.18 bits per heavy atom. The van der Waals surface area contributed by atoms with Crippen molar-refractivity contribution in [2.24, 2.45) is 28.6 Å². The summed E-state index contributed by atoms with van der Waals surface area (Å²) in [5.74, 6) is 0.599. The van der Waals surface area contributed by atoms with Crippen molar-refractivity contribution in [2.75, 3.05) is 0 Å². The van der Waals surface area contributed by atoms with E-state index in [1.54, 1.807) is 0 Å². The van der Waals surface area contributed by atoms with E-state index in [1.807, 2.05) is 0 Å². The first-order chi connectivity index (χ1) is 10.4. The molecule has 0 heterocycles. The zero-order valence-electron chi connectivity index (χ0n) is 13.8. The van der Waals surface area contributed by atoms with Crippen molar-refractivity contribution in [3.8, 4) is 0 Å². The number of aliphatic hydroxyl groups is 2. The molecule has 0 aliphatic heterocycles. The summed E-state index contributed by atoms with van der Waals surface area (Å²) in [5.41, 5.74) is 1.17. The summed E-state index contributed by atoms with van der Waals surface area (Å²) in [6.07, 6.45) is 6.69. The van der Waals surface area contributed by atoms with E-state index in [-0.39, 0.29) is 28.8 Å². The molecule has 0 spiro atoms. The first-order valence-corrected chi connectivity index (χ1v) is 9.06. The summed E-state index contributed by atoms with van der Waals surface area (Å²) in [7, 11) is 0. The average molecular weight is 308 g/mol. The highest BCUT2D eigenvalue weighted by atomic mass is 19.1. The molecule has 0 saturated heterocycles. The Morgan fingerprint density at radius 2 is 1.95 bits per heavy atom. The monoisotopic (exact) mass is 308 g/mol. The molecule has 0 radical (unpaired) electrons. The number of hydrogen-bond acceptors (Lipinski definition) is 2. The van der Waals surface area contributed by atoms with Crippen LogP contribution in [-0.4, -0.2) is 28.6 Å². The molecule has 22 heavy (non-hydrogen) atoms. The van der Waals surface area contributed by atoms with Crippen LogP contribution in [0.5, 0.6) is 0 Å². The molecule has 3 fully saturated rings. The lowest BCUT2D eigenvalue weighted by Crippen LogP contribution is -2.58. The highest BCUT2D eigenvalue weighted by Crippen LogP contribution is 2.65. The zero-order chi connectivity index (χ0) is 15.7. The van der Waals surface area contributed by atoms with Crippen LogP contribution >= 0.6 is 0 Å². The van der Waals surface area contributed by atoms with Crippen LogP contribution in [-0.2, 0) is 0 Å². The van der Waals surface area contributed by atoms with Gasteiger partial charge in [0.25, 0.3) is 0 Å². The second-order valence-corrected chi connectivity index (χ2v) is 8.90. The van der Waals surface area contributed by atoms with Crippen molar-refractivity contribution >= 4 is 0 Å². The normalized spacial score (nSPS) is 57.6. The molecule has 124 valence electrons. The SMILES string of the molecule is C[C@@]12C[C@H](F)C[C@H]1[C@@H]1[C@@H](O)CC3=CCCC[C@]3(C)[C@H]1C[C@H]2O. The van der Waals surface area contributed by atoms with Gasteiger partial charge < -0.3 is 10.2 Å². The first-order valence-electron chi connectivity index (χ1n) is 9.06. The van der Waals surface area contributed by atoms with Crippen molar-refractivity contribution < 1.29 is 14.6 Å². The van der Waals surface area contributed by atoms with Gasteiger partial charge in [-0.05, 0) is 73.5 Å². The number of rotatable bonds is 0. The molecule has 4 rings (SSSR count). The van der Waals surface area contributed by atoms with Crippen molar-refractivity contribution in [3.05, 3.63) is 11.6 Å². The molecule has 0 aromatic rings. The van der Waals surface area contributed by atoms with Gasteiger partial charge in [-0.2, -0.15) is 0 Å². The van der Waals surface area contributed by atoms with Crippen molar-refractivity contribution in [2.45, 2.75) is 77.2 Å². The highest BCUT2D eigenvalue weighted by Gasteiger charge is 2.63. The number of hydrogen-bond donors (Lipinski definition) is 2. The van der Waals surface area contributed by atoms with Crippen molar-refractivity contribution in [1.29, 1.82) is 0 Å². The van der Waals surface area contributed by atoms with E-state index in [2.05, 4.69) is 19.9 Å². The molecule has 4 aliphatic rings. The Bertz CT molecular complexity index is 504. The molecule has 3 saturated carbocycles. The fourth-order valence-electron chi connectivity index (χ4n) is 6.65. The van der Waals surface area contributed by atoms with Gasteiger partial charge in [-0.3, -0.25) is 0 Å². The molecular weight excluding hydrogens is 279 g/mol. The van der Waals surface area contributed by atoms with Gasteiger partial charge in [0, 0.05) is 0 Å². The van der Waals surface area contributed by atoms with Crippen molar-refractivity contribution in [1.82, 2.24) is 0 Å². The van der Waals surface area contributed by atoms with Gasteiger partial charge in [0.2, 0.25) is 0 Å². The van der Waals surface area contributed by atoms with Gasteiger partial charge in [-0.1, -0.05) is 25.5 Å². The third kappa shape index (κ3) is 1.84. The van der Waals surface area contributed by atoms with Gasteiger partial charge >= 0.3 is 0 Å². The number of fused-ring (bicyclic) bond motifs is 5. The predicted molar refractivity (Wildman–Crippen MR) is 84.0 cm³/mol. The fourth-order valence-corrected chi connectivity index (χ4v) is 6.65. The van der Waals surface area contributed by atoms with Crippen LogP contribution in [0, 0.1) is 28.6 Å². The summed E-state index contributed by atoms with van der Waals surface area (Å²) in [5, 5.41) is 21.7. The molecule has 0 aromatic heterocycles. The lowest BCUT2D eigenvalue weighted by Gasteiger charge is -2.60. The molecule has 0 unspecified atom stereocenters. The summed E-state index contributed by atoms with van der Waals surface area (Å²) in [6, 6.07) is 0. The number of halogens is 1. The third-order valence-electron chi connectivity index (χ3n) is 7.90. The van der Waals surface area contributed by atoms with Gasteiger partial charge in [-0.15, -0.1) is 0 Å². The Kier molecular flexibility index (Phi) is 3.30. The van der Waals surface area contributed by atoms with Crippen LogP contribution in [0.1, 0.15) is 58.8 Å². The highest BCUT2D eigenvalue weighted by molar-refractivity contribution is 5.26. The molecule has 8 atom stereocenters. The fraction of sp³-hybridized carbons (Fsp3) is 0.895. The minimum absolute atomic E-state index is 0.110. The number of alkyl halides is 1. The van der Waals surface area contributed by atoms with E-state index < -0.39 is 12.3 Å². The van der Waals surface area contributed by atoms with Crippen LogP contribution < -0.4 is 0 Å². The van der Waals surface area contributed by atoms with E-state index in [0.717, 1.165) is 25.7 Å². The largest absolute Gasteiger partial charge is 0.393 e. The van der Waals surface area contributed by atoms with Gasteiger partial charge in [0.1, 0.15) is 6.17 Å². The Labute approximate surface area is 132 Å². The van der Waals surface area contributed by atoms with E-state index in [1.165, 1.54) is 12.0 Å². The Balaban J connectivity index is 1.76. The zero-order valence-corrected chi connectivity index (χ0v) is 13.8. The number of aliphatic hydroxyl groups excluding tert-OH is 2. The van der Waals surface area contributed by atoms with E-state index in [9.17, 15) is 14.6 Å². The first kappa shape index (κ1) is 15.1. The van der Waals surface area contributed by atoms with Crippen LogP contribution in [0.2, 0.25) is 0 Å². The van der Waals surface area contributed by atoms with E-state index >= 15 is 0 Å². The molecule has 2 N–H and O–H groups in total. The lowest BCUT2D eigenvalue weighted by atomic mass is 9.46. The van der Waals surface area contributed by atoms with Crippen LogP contribution in [0.25, 0.3) is 0 Å². The molecule has 0 aromatic carbocycles. The maximum absolute atomic E-state index is 14.2. The molecule has 3 heteroatoms. The van der Waals surface area contributed by atoms with Crippen LogP contribution in [0.15, 0.2) is 11.6 Å². The topological polar surface area (TPSA) is 40.5 Å². The predicted octanol–water partition coefficient (Wildman–Crippen LogP) is 3.62. The minimum atomic E-state index is -0.813. The van der Waals surface area contributed by atoms with Crippen LogP contribution in [0.3, 0.4) is 0 Å². The van der Waals surface area contributed by atoms with Gasteiger partial charge in [-0.25, -0.2) is 4.39 Å². The van der Waals surface area contributed by atoms with Gasteiger partial charge in [0.05, 0.1) is 12.2 Å². The van der Waals surface area contributed by atoms with E-state index in [4.69, 9.17) is 0 Å². The maximum atomic E-state index is 14.2. The Morgan fingerprint density at radius 3 is 2.73 bits per heavy atom. The van der Waals surface area contributed by atoms with Crippen molar-refractivity contribution in [3.63, 3.8) is 0 Å². The Hall–Kier alpha value is -0.410. The quantitative estimate of drug-likeness (QED) is 0.671. The maximum Gasteiger partial charge on any atom is 0.101 e. The summed E-state index contributed by atoms with van der Waals surface area (Å²) in [4.78, 5) is 0. The number of allylic oxidation sites excluding steroid dienone is 1. The summed E-state index contributed by atoms with van der Waals surface area (Å²) in [6.45, 7) is 4.39. The summed E-state index contributed by atoms with van der Waals surface area (Å²) >= 11 is 0. The molecule has 0 amide bonds. The van der Waals surface area contributed by atoms with E-state index in [0.29, 0.717) is 18.8 Å². The average Bonchev–Trinajstić information content (AvgIpc) is 2.76. The minimum Gasteiger partial charge on any atom is -0.393 e. The standard InChI is InChI=1S/C19H29FO2/c1-18-6-4-3-5-11(18)7-15(21)17-13-8-12(20)10-19(13,2)16(22)9-14(17)18/h5,12-17,21-22H,3-4,6-10H2,1-2H3/t12-,13+,14+,15+,16-,17+,18+,19-/m1/s1. The van der Waals surface area contributed by atoms with Crippen LogP contribution in [0.4, 0.5) is 4.39 Å². The second-order valence-electron chi connectivity index (χ2n) is 8.90. The smallest absolute Gasteiger partial charge is 0.101 e. The lowest BCUT2D eigenvalue weighted by molar-refractivity contribution is -0.151.